The van der Waals surface area contributed by atoms with Gasteiger partial charge in [-0.1, -0.05) is 6.07 Å². The predicted molar refractivity (Wildman–Crippen MR) is 108 cm³/mol. The zero-order chi connectivity index (χ0) is 21.0. The molecule has 2 amide bonds. The van der Waals surface area contributed by atoms with Crippen molar-refractivity contribution in [1.82, 2.24) is 10.2 Å². The van der Waals surface area contributed by atoms with Crippen LogP contribution in [0.2, 0.25) is 0 Å². The molecule has 7 nitrogen and oxygen atoms in total. The lowest BCUT2D eigenvalue weighted by Crippen LogP contribution is -2.46. The van der Waals surface area contributed by atoms with E-state index in [1.165, 1.54) is 11.2 Å². The van der Waals surface area contributed by atoms with Gasteiger partial charge in [0.2, 0.25) is 0 Å². The molecule has 1 fully saturated rings. The highest BCUT2D eigenvalue weighted by Gasteiger charge is 2.33. The molecule has 0 unspecified atom stereocenters. The quantitative estimate of drug-likeness (QED) is 0.753. The van der Waals surface area contributed by atoms with Crippen molar-refractivity contribution in [1.29, 1.82) is 0 Å². The van der Waals surface area contributed by atoms with Crippen molar-refractivity contribution in [3.63, 3.8) is 0 Å². The van der Waals surface area contributed by atoms with Crippen molar-refractivity contribution in [2.24, 2.45) is 0 Å². The van der Waals surface area contributed by atoms with Crippen LogP contribution in [0.1, 0.15) is 41.4 Å². The Balaban J connectivity index is 1.80. The van der Waals surface area contributed by atoms with E-state index in [0.29, 0.717) is 13.1 Å². The van der Waals surface area contributed by atoms with Gasteiger partial charge in [-0.2, -0.15) is 0 Å². The lowest BCUT2D eigenvalue weighted by atomic mass is 10.1. The van der Waals surface area contributed by atoms with Gasteiger partial charge >= 0.3 is 11.8 Å². The fraction of sp³-hybridized carbons (Fsp3) is 0.429. The van der Waals surface area contributed by atoms with Crippen LogP contribution in [0.25, 0.3) is 0 Å². The van der Waals surface area contributed by atoms with E-state index in [-0.39, 0.29) is 17.2 Å². The molecule has 8 heteroatoms. The van der Waals surface area contributed by atoms with Crippen LogP contribution >= 0.6 is 0 Å². The van der Waals surface area contributed by atoms with Gasteiger partial charge in [0.15, 0.2) is 9.84 Å². The molecular formula is C21H26N2O5S. The van der Waals surface area contributed by atoms with E-state index in [1.54, 1.807) is 30.3 Å². The maximum absolute atomic E-state index is 13.3. The number of benzene rings is 1. The Bertz CT molecular complexity index is 977. The highest BCUT2D eigenvalue weighted by molar-refractivity contribution is 7.91. The SMILES string of the molecule is Cc1ccc(S(=O)(=O)[C@H](CNC(=O)C(=O)N2CCCCC2)c2ccco2)cc1C. The minimum absolute atomic E-state index is 0.151. The summed E-state index contributed by atoms with van der Waals surface area (Å²) >= 11 is 0. The Kier molecular flexibility index (Phi) is 6.42. The summed E-state index contributed by atoms with van der Waals surface area (Å²) in [6.07, 6.45) is 4.17. The van der Waals surface area contributed by atoms with Crippen molar-refractivity contribution in [3.8, 4) is 0 Å². The summed E-state index contributed by atoms with van der Waals surface area (Å²) in [7, 11) is -3.84. The number of hydrogen-bond donors (Lipinski definition) is 1. The van der Waals surface area contributed by atoms with Crippen LogP contribution in [0.15, 0.2) is 45.9 Å². The number of sulfone groups is 1. The van der Waals surface area contributed by atoms with E-state index < -0.39 is 26.9 Å². The van der Waals surface area contributed by atoms with Gasteiger partial charge < -0.3 is 14.6 Å². The van der Waals surface area contributed by atoms with Crippen LogP contribution in [0.3, 0.4) is 0 Å². The molecule has 1 atom stereocenters. The average molecular weight is 419 g/mol. The minimum Gasteiger partial charge on any atom is -0.468 e. The fourth-order valence-electron chi connectivity index (χ4n) is 3.39. The molecule has 2 aromatic rings. The van der Waals surface area contributed by atoms with Crippen molar-refractivity contribution in [2.75, 3.05) is 19.6 Å². The Morgan fingerprint density at radius 2 is 1.83 bits per heavy atom. The number of likely N-dealkylation sites (tertiary alicyclic amines) is 1. The second-order valence-electron chi connectivity index (χ2n) is 7.36. The predicted octanol–water partition coefficient (Wildman–Crippen LogP) is 2.54. The van der Waals surface area contributed by atoms with E-state index in [4.69, 9.17) is 4.42 Å². The molecule has 2 heterocycles. The molecule has 1 aliphatic rings. The Morgan fingerprint density at radius 1 is 1.10 bits per heavy atom. The third-order valence-corrected chi connectivity index (χ3v) is 7.39. The fourth-order valence-corrected chi connectivity index (χ4v) is 5.06. The van der Waals surface area contributed by atoms with Crippen LogP contribution in [0, 0.1) is 13.8 Å². The van der Waals surface area contributed by atoms with Crippen molar-refractivity contribution in [3.05, 3.63) is 53.5 Å². The number of furan rings is 1. The average Bonchev–Trinajstić information content (AvgIpc) is 3.24. The van der Waals surface area contributed by atoms with Crippen LogP contribution in [0.4, 0.5) is 0 Å². The molecule has 1 aromatic heterocycles. The monoisotopic (exact) mass is 418 g/mol. The van der Waals surface area contributed by atoms with Crippen LogP contribution < -0.4 is 5.32 Å². The minimum atomic E-state index is -3.84. The first-order valence-electron chi connectivity index (χ1n) is 9.72. The number of carbonyl (C=O) groups is 2. The molecule has 0 spiro atoms. The van der Waals surface area contributed by atoms with Gasteiger partial charge in [0.05, 0.1) is 11.2 Å². The smallest absolute Gasteiger partial charge is 0.311 e. The molecule has 156 valence electrons. The first-order chi connectivity index (χ1) is 13.8. The van der Waals surface area contributed by atoms with Crippen molar-refractivity contribution >= 4 is 21.7 Å². The molecule has 1 aromatic carbocycles. The van der Waals surface area contributed by atoms with Gasteiger partial charge in [0, 0.05) is 19.6 Å². The Hall–Kier alpha value is -2.61. The largest absolute Gasteiger partial charge is 0.468 e. The molecular weight excluding hydrogens is 392 g/mol. The molecule has 29 heavy (non-hydrogen) atoms. The Labute approximate surface area is 171 Å². The number of nitrogens with zero attached hydrogens (tertiary/aromatic N) is 1. The molecule has 0 radical (unpaired) electrons. The zero-order valence-corrected chi connectivity index (χ0v) is 17.5. The number of carbonyl (C=O) groups excluding carboxylic acids is 2. The zero-order valence-electron chi connectivity index (χ0n) is 16.7. The summed E-state index contributed by atoms with van der Waals surface area (Å²) < 4.78 is 31.9. The second-order valence-corrected chi connectivity index (χ2v) is 9.49. The molecule has 3 rings (SSSR count). The van der Waals surface area contributed by atoms with Crippen LogP contribution in [0.5, 0.6) is 0 Å². The van der Waals surface area contributed by atoms with E-state index >= 15 is 0 Å². The van der Waals surface area contributed by atoms with E-state index in [1.807, 2.05) is 13.8 Å². The first kappa shape index (κ1) is 21.1. The maximum Gasteiger partial charge on any atom is 0.311 e. The summed E-state index contributed by atoms with van der Waals surface area (Å²) in [5, 5.41) is 1.37. The van der Waals surface area contributed by atoms with Gasteiger partial charge in [-0.15, -0.1) is 0 Å². The number of rotatable bonds is 5. The molecule has 1 aliphatic heterocycles. The first-order valence-corrected chi connectivity index (χ1v) is 11.3. The van der Waals surface area contributed by atoms with Gasteiger partial charge in [-0.3, -0.25) is 9.59 Å². The highest BCUT2D eigenvalue weighted by atomic mass is 32.2. The molecule has 0 bridgehead atoms. The van der Waals surface area contributed by atoms with Crippen LogP contribution in [-0.4, -0.2) is 44.8 Å². The van der Waals surface area contributed by atoms with E-state index in [9.17, 15) is 18.0 Å². The topological polar surface area (TPSA) is 96.7 Å². The highest BCUT2D eigenvalue weighted by Crippen LogP contribution is 2.30. The summed E-state index contributed by atoms with van der Waals surface area (Å²) in [6.45, 7) is 4.60. The molecule has 1 N–H and O–H groups in total. The maximum atomic E-state index is 13.3. The normalized spacial score (nSPS) is 15.7. The molecule has 1 saturated heterocycles. The lowest BCUT2D eigenvalue weighted by molar-refractivity contribution is -0.146. The van der Waals surface area contributed by atoms with Gasteiger partial charge in [0.1, 0.15) is 11.0 Å². The van der Waals surface area contributed by atoms with Gasteiger partial charge in [-0.25, -0.2) is 8.42 Å². The summed E-state index contributed by atoms with van der Waals surface area (Å²) in [4.78, 5) is 26.4. The number of amides is 2. The Morgan fingerprint density at radius 3 is 2.45 bits per heavy atom. The van der Waals surface area contributed by atoms with Crippen molar-refractivity contribution in [2.45, 2.75) is 43.3 Å². The third kappa shape index (κ3) is 4.70. The van der Waals surface area contributed by atoms with Gasteiger partial charge in [-0.05, 0) is 68.5 Å². The number of hydrogen-bond acceptors (Lipinski definition) is 5. The summed E-state index contributed by atoms with van der Waals surface area (Å²) in [5.41, 5.74) is 1.84. The number of aryl methyl sites for hydroxylation is 2. The van der Waals surface area contributed by atoms with E-state index in [0.717, 1.165) is 30.4 Å². The standard InChI is InChI=1S/C21H26N2O5S/c1-15-8-9-17(13-16(15)2)29(26,27)19(18-7-6-12-28-18)14-22-20(24)21(25)23-10-4-3-5-11-23/h6-9,12-13,19H,3-5,10-11,14H2,1-2H3,(H,22,24)/t19-/m1/s1. The molecule has 0 saturated carbocycles. The lowest BCUT2D eigenvalue weighted by Gasteiger charge is -2.26. The summed E-state index contributed by atoms with van der Waals surface area (Å²) in [5.74, 6) is -1.20. The van der Waals surface area contributed by atoms with Gasteiger partial charge in [0.25, 0.3) is 0 Å². The van der Waals surface area contributed by atoms with Crippen LogP contribution in [-0.2, 0) is 19.4 Å². The van der Waals surface area contributed by atoms with Crippen molar-refractivity contribution < 1.29 is 22.4 Å². The number of nitrogens with one attached hydrogen (secondary N) is 1. The third-order valence-electron chi connectivity index (χ3n) is 5.33. The molecule has 0 aliphatic carbocycles. The number of piperidine rings is 1. The summed E-state index contributed by atoms with van der Waals surface area (Å²) in [6, 6.07) is 8.07. The second kappa shape index (κ2) is 8.82. The van der Waals surface area contributed by atoms with E-state index in [2.05, 4.69) is 5.32 Å².